The van der Waals surface area contributed by atoms with Crippen LogP contribution in [-0.4, -0.2) is 23.7 Å². The van der Waals surface area contributed by atoms with Crippen molar-refractivity contribution in [2.75, 3.05) is 6.54 Å². The highest BCUT2D eigenvalue weighted by Gasteiger charge is 2.21. The predicted molar refractivity (Wildman–Crippen MR) is 48.6 cm³/mol. The van der Waals surface area contributed by atoms with Gasteiger partial charge >= 0.3 is 0 Å². The van der Waals surface area contributed by atoms with Gasteiger partial charge in [-0.2, -0.15) is 5.26 Å². The van der Waals surface area contributed by atoms with E-state index < -0.39 is 12.0 Å². The smallest absolute Gasteiger partial charge is 0.237 e. The highest BCUT2D eigenvalue weighted by atomic mass is 16.3. The molecule has 2 N–H and O–H groups in total. The zero-order valence-corrected chi connectivity index (χ0v) is 8.24. The molecule has 0 aromatic carbocycles. The van der Waals surface area contributed by atoms with Crippen molar-refractivity contribution in [1.82, 2.24) is 5.32 Å². The van der Waals surface area contributed by atoms with E-state index in [1.807, 2.05) is 19.9 Å². The Morgan fingerprint density at radius 3 is 2.38 bits per heavy atom. The molecule has 0 aromatic rings. The molecule has 0 bridgehead atoms. The minimum atomic E-state index is -0.626. The molecule has 4 nitrogen and oxygen atoms in total. The Hall–Kier alpha value is -1.08. The van der Waals surface area contributed by atoms with E-state index in [9.17, 15) is 4.79 Å². The Labute approximate surface area is 78.6 Å². The Balaban J connectivity index is 4.02. The number of aliphatic hydroxyl groups excluding tert-OH is 1. The van der Waals surface area contributed by atoms with E-state index >= 15 is 0 Å². The van der Waals surface area contributed by atoms with Crippen LogP contribution in [0.3, 0.4) is 0 Å². The number of hydrogen-bond acceptors (Lipinski definition) is 3. The van der Waals surface area contributed by atoms with Crippen LogP contribution in [-0.2, 0) is 4.79 Å². The topological polar surface area (TPSA) is 73.1 Å². The van der Waals surface area contributed by atoms with Gasteiger partial charge in [0.2, 0.25) is 5.91 Å². The minimum absolute atomic E-state index is 0.000927. The third-order valence-corrected chi connectivity index (χ3v) is 1.66. The molecule has 0 aliphatic rings. The van der Waals surface area contributed by atoms with Crippen molar-refractivity contribution in [3.8, 4) is 6.07 Å². The summed E-state index contributed by atoms with van der Waals surface area (Å²) in [5.74, 6) is -0.934. The number of amides is 1. The maximum Gasteiger partial charge on any atom is 0.237 e. The number of nitriles is 1. The first-order valence-corrected chi connectivity index (χ1v) is 4.34. The van der Waals surface area contributed by atoms with Gasteiger partial charge in [-0.1, -0.05) is 13.8 Å². The molecular formula is C9H16N2O2. The summed E-state index contributed by atoms with van der Waals surface area (Å²) >= 11 is 0. The highest BCUT2D eigenvalue weighted by molar-refractivity contribution is 5.81. The lowest BCUT2D eigenvalue weighted by Gasteiger charge is -2.13. The van der Waals surface area contributed by atoms with Crippen LogP contribution in [0.15, 0.2) is 0 Å². The van der Waals surface area contributed by atoms with Crippen molar-refractivity contribution >= 4 is 5.91 Å². The van der Waals surface area contributed by atoms with Gasteiger partial charge in [-0.15, -0.1) is 0 Å². The van der Waals surface area contributed by atoms with Crippen LogP contribution in [0.4, 0.5) is 0 Å². The fourth-order valence-corrected chi connectivity index (χ4v) is 0.869. The van der Waals surface area contributed by atoms with Gasteiger partial charge in [-0.05, 0) is 12.8 Å². The van der Waals surface area contributed by atoms with Crippen molar-refractivity contribution in [3.63, 3.8) is 0 Å². The molecule has 0 saturated heterocycles. The lowest BCUT2D eigenvalue weighted by Crippen LogP contribution is -2.36. The Kier molecular flexibility index (Phi) is 5.09. The molecule has 0 radical (unpaired) electrons. The summed E-state index contributed by atoms with van der Waals surface area (Å²) in [6.45, 7) is 5.41. The molecule has 1 amide bonds. The lowest BCUT2D eigenvalue weighted by atomic mass is 9.97. The zero-order valence-electron chi connectivity index (χ0n) is 8.24. The highest BCUT2D eigenvalue weighted by Crippen LogP contribution is 2.08. The van der Waals surface area contributed by atoms with Crippen LogP contribution in [0.25, 0.3) is 0 Å². The maximum absolute atomic E-state index is 11.3. The van der Waals surface area contributed by atoms with Crippen LogP contribution < -0.4 is 5.32 Å². The van der Waals surface area contributed by atoms with Gasteiger partial charge in [-0.25, -0.2) is 0 Å². The first kappa shape index (κ1) is 11.9. The first-order valence-electron chi connectivity index (χ1n) is 4.34. The van der Waals surface area contributed by atoms with Crippen molar-refractivity contribution < 1.29 is 9.90 Å². The normalized spacial score (nSPS) is 14.8. The summed E-state index contributed by atoms with van der Waals surface area (Å²) in [5, 5.41) is 20.1. The monoisotopic (exact) mass is 184 g/mol. The number of hydrogen-bond donors (Lipinski definition) is 2. The van der Waals surface area contributed by atoms with Gasteiger partial charge in [0.1, 0.15) is 5.92 Å². The fourth-order valence-electron chi connectivity index (χ4n) is 0.869. The second kappa shape index (κ2) is 5.55. The minimum Gasteiger partial charge on any atom is -0.392 e. The number of rotatable bonds is 4. The van der Waals surface area contributed by atoms with E-state index in [1.165, 1.54) is 0 Å². The predicted octanol–water partition coefficient (Wildman–Crippen LogP) is 0.279. The Bertz CT molecular complexity index is 206. The van der Waals surface area contributed by atoms with Gasteiger partial charge in [0.15, 0.2) is 0 Å². The quantitative estimate of drug-likeness (QED) is 0.659. The average Bonchev–Trinajstić information content (AvgIpc) is 2.01. The van der Waals surface area contributed by atoms with E-state index in [2.05, 4.69) is 5.32 Å². The molecule has 74 valence electrons. The van der Waals surface area contributed by atoms with E-state index in [0.717, 1.165) is 0 Å². The number of nitrogens with one attached hydrogen (secondary N) is 1. The van der Waals surface area contributed by atoms with Gasteiger partial charge in [-0.3, -0.25) is 4.79 Å². The molecule has 4 heteroatoms. The summed E-state index contributed by atoms with van der Waals surface area (Å²) in [6, 6.07) is 1.93. The van der Waals surface area contributed by atoms with Crippen molar-refractivity contribution in [3.05, 3.63) is 0 Å². The van der Waals surface area contributed by atoms with Crippen LogP contribution in [0, 0.1) is 23.2 Å². The molecular weight excluding hydrogens is 168 g/mol. The van der Waals surface area contributed by atoms with E-state index in [4.69, 9.17) is 10.4 Å². The van der Waals surface area contributed by atoms with Crippen LogP contribution in [0.1, 0.15) is 20.8 Å². The molecule has 0 rings (SSSR count). The van der Waals surface area contributed by atoms with Crippen LogP contribution >= 0.6 is 0 Å². The average molecular weight is 184 g/mol. The van der Waals surface area contributed by atoms with Gasteiger partial charge in [0, 0.05) is 6.54 Å². The summed E-state index contributed by atoms with van der Waals surface area (Å²) in [5.41, 5.74) is 0. The fraction of sp³-hybridized carbons (Fsp3) is 0.778. The molecule has 0 aromatic heterocycles. The summed E-state index contributed by atoms with van der Waals surface area (Å²) in [4.78, 5) is 11.3. The molecule has 2 atom stereocenters. The van der Waals surface area contributed by atoms with E-state index in [0.29, 0.717) is 0 Å². The maximum atomic E-state index is 11.3. The molecule has 0 saturated carbocycles. The van der Waals surface area contributed by atoms with Gasteiger partial charge < -0.3 is 10.4 Å². The summed E-state index contributed by atoms with van der Waals surface area (Å²) in [7, 11) is 0. The number of carbonyl (C=O) groups excluding carboxylic acids is 1. The van der Waals surface area contributed by atoms with Crippen molar-refractivity contribution in [1.29, 1.82) is 5.26 Å². The molecule has 0 aliphatic carbocycles. The Morgan fingerprint density at radius 2 is 2.08 bits per heavy atom. The number of aliphatic hydroxyl groups is 1. The largest absolute Gasteiger partial charge is 0.392 e. The van der Waals surface area contributed by atoms with Crippen molar-refractivity contribution in [2.45, 2.75) is 26.9 Å². The van der Waals surface area contributed by atoms with Crippen LogP contribution in [0.2, 0.25) is 0 Å². The summed E-state index contributed by atoms with van der Waals surface area (Å²) < 4.78 is 0. The first-order chi connectivity index (χ1) is 5.99. The third kappa shape index (κ3) is 4.48. The molecule has 0 fully saturated rings. The number of carbonyl (C=O) groups is 1. The number of nitrogens with zero attached hydrogens (tertiary/aromatic N) is 1. The second-order valence-corrected chi connectivity index (χ2v) is 3.44. The SMILES string of the molecule is CC(C)C(C#N)C(=O)NC[C@H](C)O. The zero-order chi connectivity index (χ0) is 10.4. The molecule has 0 aliphatic heterocycles. The van der Waals surface area contributed by atoms with Gasteiger partial charge in [0.05, 0.1) is 12.2 Å². The Morgan fingerprint density at radius 1 is 1.54 bits per heavy atom. The third-order valence-electron chi connectivity index (χ3n) is 1.66. The molecule has 13 heavy (non-hydrogen) atoms. The van der Waals surface area contributed by atoms with Crippen molar-refractivity contribution in [2.24, 2.45) is 11.8 Å². The summed E-state index contributed by atoms with van der Waals surface area (Å²) in [6.07, 6.45) is -0.574. The van der Waals surface area contributed by atoms with Gasteiger partial charge in [0.25, 0.3) is 0 Å². The molecule has 1 unspecified atom stereocenters. The molecule has 0 heterocycles. The lowest BCUT2D eigenvalue weighted by molar-refractivity contribution is -0.124. The van der Waals surface area contributed by atoms with Crippen LogP contribution in [0.5, 0.6) is 0 Å². The van der Waals surface area contributed by atoms with E-state index in [1.54, 1.807) is 6.92 Å². The second-order valence-electron chi connectivity index (χ2n) is 3.44. The molecule has 0 spiro atoms. The van der Waals surface area contributed by atoms with E-state index in [-0.39, 0.29) is 18.4 Å². The standard InChI is InChI=1S/C9H16N2O2/c1-6(2)8(4-10)9(13)11-5-7(3)12/h6-8,12H,5H2,1-3H3,(H,11,13)/t7-,8?/m0/s1.